The zero-order valence-corrected chi connectivity index (χ0v) is 30.4. The van der Waals surface area contributed by atoms with Crippen LogP contribution in [0.1, 0.15) is 45.1 Å². The van der Waals surface area contributed by atoms with Gasteiger partial charge in [0.05, 0.1) is 40.0 Å². The van der Waals surface area contributed by atoms with E-state index >= 15 is 0 Å². The fourth-order valence-electron chi connectivity index (χ4n) is 6.30. The van der Waals surface area contributed by atoms with Crippen molar-refractivity contribution in [1.29, 1.82) is 0 Å². The van der Waals surface area contributed by atoms with Gasteiger partial charge in [-0.3, -0.25) is 19.5 Å². The molecule has 4 heterocycles. The number of aryl methyl sites for hydroxylation is 1. The number of ether oxygens (including phenoxy) is 1. The second-order valence-corrected chi connectivity index (χ2v) is 17.4. The predicted molar refractivity (Wildman–Crippen MR) is 193 cm³/mol. The molecule has 47 heavy (non-hydrogen) atoms. The number of nitrogens with zero attached hydrogens (tertiary/aromatic N) is 7. The number of piperidine rings is 1. The van der Waals surface area contributed by atoms with E-state index in [1.807, 2.05) is 36.3 Å². The molecule has 0 atom stereocenters. The highest BCUT2D eigenvalue weighted by Crippen LogP contribution is 2.43. The Labute approximate surface area is 284 Å². The van der Waals surface area contributed by atoms with Crippen molar-refractivity contribution < 1.29 is 9.30 Å². The van der Waals surface area contributed by atoms with Gasteiger partial charge in [-0.05, 0) is 117 Å². The van der Waals surface area contributed by atoms with E-state index in [1.54, 1.807) is 39.0 Å². The minimum absolute atomic E-state index is 0.151. The van der Waals surface area contributed by atoms with Gasteiger partial charge in [0, 0.05) is 42.9 Å². The summed E-state index contributed by atoms with van der Waals surface area (Å²) in [4.78, 5) is 20.8. The van der Waals surface area contributed by atoms with E-state index < -0.39 is 7.14 Å². The normalized spacial score (nSPS) is 14.8. The molecular weight excluding hydrogens is 677 g/mol. The SMILES string of the molecule is COc1cc(C2CCN(C(C)(C)C)CC2)c(-c2cnn(C)c2)cc1Nc1ncc(Br)c(Nc2ccc3nccnc3c2P(C)(C)=O)n1. The number of fused-ring (bicyclic) bond motifs is 1. The van der Waals surface area contributed by atoms with E-state index in [-0.39, 0.29) is 5.54 Å². The average Bonchev–Trinajstić information content (AvgIpc) is 3.47. The van der Waals surface area contributed by atoms with Gasteiger partial charge in [-0.1, -0.05) is 0 Å². The molecule has 1 saturated heterocycles. The molecule has 2 aromatic carbocycles. The van der Waals surface area contributed by atoms with Crippen molar-refractivity contribution >= 4 is 62.6 Å². The maximum absolute atomic E-state index is 13.5. The number of aromatic nitrogens is 6. The lowest BCUT2D eigenvalue weighted by atomic mass is 9.83. The highest BCUT2D eigenvalue weighted by Gasteiger charge is 2.30. The standard InChI is InChI=1S/C34H41BrN9O2P/c1-34(2,3)44-14-10-21(11-15-44)24-17-29(46-5)28(16-23(24)22-18-39-43(4)20-22)41-33-38-19-25(35)32(42-33)40-27-9-8-26-30(37-13-12-36-26)31(27)47(6,7)45/h8-9,12-13,16-21H,10-11,14-15H2,1-7H3,(H2,38,40,41,42). The summed E-state index contributed by atoms with van der Waals surface area (Å²) in [5, 5.41) is 11.9. The van der Waals surface area contributed by atoms with Crippen LogP contribution in [0.2, 0.25) is 0 Å². The van der Waals surface area contributed by atoms with Crippen LogP contribution < -0.4 is 20.7 Å². The molecule has 0 aliphatic carbocycles. The third kappa shape index (κ3) is 7.05. The van der Waals surface area contributed by atoms with Crippen molar-refractivity contribution in [3.8, 4) is 16.9 Å². The minimum atomic E-state index is -2.76. The van der Waals surface area contributed by atoms with E-state index in [0.717, 1.165) is 42.7 Å². The lowest BCUT2D eigenvalue weighted by Gasteiger charge is -2.41. The van der Waals surface area contributed by atoms with Crippen LogP contribution in [0, 0.1) is 0 Å². The first kappa shape index (κ1) is 33.1. The Hall–Kier alpha value is -3.86. The Morgan fingerprint density at radius 1 is 1.00 bits per heavy atom. The topological polar surface area (TPSA) is 123 Å². The molecule has 3 aromatic heterocycles. The van der Waals surface area contributed by atoms with E-state index in [0.29, 0.717) is 49.9 Å². The Balaban J connectivity index is 1.35. The number of likely N-dealkylation sites (tertiary alicyclic amines) is 1. The second-order valence-electron chi connectivity index (χ2n) is 13.4. The number of hydrogen-bond donors (Lipinski definition) is 2. The fourth-order valence-corrected chi connectivity index (χ4v) is 7.99. The molecule has 1 fully saturated rings. The molecule has 0 unspecified atom stereocenters. The molecule has 1 aliphatic heterocycles. The van der Waals surface area contributed by atoms with Gasteiger partial charge < -0.3 is 19.9 Å². The van der Waals surface area contributed by atoms with Gasteiger partial charge in [0.15, 0.2) is 0 Å². The fraction of sp³-hybridized carbons (Fsp3) is 0.382. The summed E-state index contributed by atoms with van der Waals surface area (Å²) >= 11 is 3.59. The number of hydrogen-bond acceptors (Lipinski definition) is 10. The predicted octanol–water partition coefficient (Wildman–Crippen LogP) is 7.30. The van der Waals surface area contributed by atoms with Crippen molar-refractivity contribution in [3.63, 3.8) is 0 Å². The van der Waals surface area contributed by atoms with Gasteiger partial charge in [-0.15, -0.1) is 0 Å². The van der Waals surface area contributed by atoms with Crippen molar-refractivity contribution in [2.75, 3.05) is 44.2 Å². The monoisotopic (exact) mass is 717 g/mol. The molecule has 0 saturated carbocycles. The van der Waals surface area contributed by atoms with Gasteiger partial charge >= 0.3 is 0 Å². The molecule has 6 rings (SSSR count). The first-order chi connectivity index (χ1) is 22.3. The van der Waals surface area contributed by atoms with Crippen LogP contribution in [0.25, 0.3) is 22.2 Å². The number of anilines is 4. The van der Waals surface area contributed by atoms with Crippen LogP contribution in [-0.4, -0.2) is 73.7 Å². The molecule has 0 radical (unpaired) electrons. The van der Waals surface area contributed by atoms with Crippen LogP contribution in [0.15, 0.2) is 59.7 Å². The van der Waals surface area contributed by atoms with Gasteiger partial charge in [0.25, 0.3) is 0 Å². The number of halogens is 1. The Morgan fingerprint density at radius 3 is 2.40 bits per heavy atom. The van der Waals surface area contributed by atoms with Crippen molar-refractivity contribution in [3.05, 3.63) is 65.3 Å². The minimum Gasteiger partial charge on any atom is -0.495 e. The van der Waals surface area contributed by atoms with Gasteiger partial charge in [0.1, 0.15) is 24.2 Å². The second kappa shape index (κ2) is 13.0. The molecule has 0 spiro atoms. The van der Waals surface area contributed by atoms with Crippen LogP contribution >= 0.6 is 23.1 Å². The smallest absolute Gasteiger partial charge is 0.229 e. The van der Waals surface area contributed by atoms with E-state index in [9.17, 15) is 4.57 Å². The summed E-state index contributed by atoms with van der Waals surface area (Å²) in [6, 6.07) is 7.99. The molecule has 13 heteroatoms. The number of methoxy groups -OCH3 is 1. The lowest BCUT2D eigenvalue weighted by Crippen LogP contribution is -2.45. The summed E-state index contributed by atoms with van der Waals surface area (Å²) in [7, 11) is 0.858. The zero-order valence-electron chi connectivity index (χ0n) is 27.9. The average molecular weight is 719 g/mol. The van der Waals surface area contributed by atoms with Crippen molar-refractivity contribution in [2.45, 2.75) is 45.1 Å². The Kier molecular flexibility index (Phi) is 9.13. The van der Waals surface area contributed by atoms with Crippen LogP contribution in [-0.2, 0) is 11.6 Å². The molecule has 1 aliphatic rings. The molecule has 0 bridgehead atoms. The summed E-state index contributed by atoms with van der Waals surface area (Å²) in [5.74, 6) is 1.98. The number of nitrogens with one attached hydrogen (secondary N) is 2. The molecule has 0 amide bonds. The Morgan fingerprint density at radius 2 is 1.74 bits per heavy atom. The summed E-state index contributed by atoms with van der Waals surface area (Å²) in [5.41, 5.74) is 6.22. The van der Waals surface area contributed by atoms with E-state index in [1.165, 1.54) is 5.56 Å². The number of rotatable bonds is 8. The third-order valence-corrected chi connectivity index (χ3v) is 10.8. The molecule has 11 nitrogen and oxygen atoms in total. The quantitative estimate of drug-likeness (QED) is 0.158. The first-order valence-electron chi connectivity index (χ1n) is 15.6. The highest BCUT2D eigenvalue weighted by molar-refractivity contribution is 9.10. The summed E-state index contributed by atoms with van der Waals surface area (Å²) in [6.45, 7) is 12.4. The van der Waals surface area contributed by atoms with Crippen LogP contribution in [0.4, 0.5) is 23.1 Å². The Bertz CT molecular complexity index is 1980. The molecule has 5 aromatic rings. The van der Waals surface area contributed by atoms with E-state index in [4.69, 9.17) is 9.72 Å². The van der Waals surface area contributed by atoms with E-state index in [2.05, 4.69) is 84.4 Å². The van der Waals surface area contributed by atoms with Gasteiger partial charge in [-0.25, -0.2) is 4.98 Å². The first-order valence-corrected chi connectivity index (χ1v) is 19.0. The van der Waals surface area contributed by atoms with Crippen molar-refractivity contribution in [1.82, 2.24) is 34.6 Å². The zero-order chi connectivity index (χ0) is 33.5. The molecule has 2 N–H and O–H groups in total. The van der Waals surface area contributed by atoms with Crippen LogP contribution in [0.5, 0.6) is 5.75 Å². The van der Waals surface area contributed by atoms with Crippen LogP contribution in [0.3, 0.4) is 0 Å². The summed E-state index contributed by atoms with van der Waals surface area (Å²) in [6.07, 6.45) is 11.0. The largest absolute Gasteiger partial charge is 0.495 e. The maximum atomic E-state index is 13.5. The number of benzene rings is 2. The lowest BCUT2D eigenvalue weighted by molar-refractivity contribution is 0.102. The summed E-state index contributed by atoms with van der Waals surface area (Å²) < 4.78 is 21.9. The maximum Gasteiger partial charge on any atom is 0.229 e. The highest BCUT2D eigenvalue weighted by atomic mass is 79.9. The van der Waals surface area contributed by atoms with Gasteiger partial charge in [-0.2, -0.15) is 10.1 Å². The van der Waals surface area contributed by atoms with Gasteiger partial charge in [0.2, 0.25) is 5.95 Å². The third-order valence-electron chi connectivity index (χ3n) is 8.67. The molecular formula is C34H41BrN9O2P. The van der Waals surface area contributed by atoms with Crippen molar-refractivity contribution in [2.24, 2.45) is 7.05 Å². The molecule has 246 valence electrons.